The van der Waals surface area contributed by atoms with Crippen molar-refractivity contribution in [2.45, 2.75) is 18.9 Å². The van der Waals surface area contributed by atoms with Crippen LogP contribution in [0, 0.1) is 0 Å². The molecule has 1 heterocycles. The Labute approximate surface area is 149 Å². The Kier molecular flexibility index (Phi) is 4.91. The van der Waals surface area contributed by atoms with Gasteiger partial charge in [0.15, 0.2) is 0 Å². The van der Waals surface area contributed by atoms with Gasteiger partial charge in [0.1, 0.15) is 12.4 Å². The molecule has 7 heteroatoms. The number of hydrogen-bond donors (Lipinski definition) is 1. The normalized spacial score (nSPS) is 19.5. The van der Waals surface area contributed by atoms with Crippen molar-refractivity contribution in [3.8, 4) is 5.75 Å². The van der Waals surface area contributed by atoms with Crippen LogP contribution in [0.15, 0.2) is 53.0 Å². The summed E-state index contributed by atoms with van der Waals surface area (Å²) in [6.45, 7) is 0.443. The Balaban J connectivity index is 1.66. The zero-order valence-electron chi connectivity index (χ0n) is 12.7. The molecule has 0 aliphatic carbocycles. The van der Waals surface area contributed by atoms with Crippen LogP contribution in [0.3, 0.4) is 0 Å². The average molecular weight is 410 g/mol. The first-order chi connectivity index (χ1) is 11.4. The summed E-state index contributed by atoms with van der Waals surface area (Å²) in [6.07, 6.45) is 0.178. The largest absolute Gasteiger partial charge is 0.489 e. The molecule has 1 N–H and O–H groups in total. The molecule has 1 unspecified atom stereocenters. The van der Waals surface area contributed by atoms with Crippen LogP contribution in [0.1, 0.15) is 23.5 Å². The lowest BCUT2D eigenvalue weighted by atomic mass is 9.97. The first-order valence-corrected chi connectivity index (χ1v) is 9.86. The van der Waals surface area contributed by atoms with Gasteiger partial charge >= 0.3 is 0 Å². The maximum absolute atomic E-state index is 11.6. The minimum absolute atomic E-state index is 0.0724. The summed E-state index contributed by atoms with van der Waals surface area (Å²) >= 11 is 3.42. The number of carbonyl (C=O) groups excluding carboxylic acids is 1. The Morgan fingerprint density at radius 2 is 1.92 bits per heavy atom. The van der Waals surface area contributed by atoms with Gasteiger partial charge in [-0.1, -0.05) is 40.2 Å². The highest BCUT2D eigenvalue weighted by atomic mass is 79.9. The number of ether oxygens (including phenoxy) is 1. The molecule has 1 fully saturated rings. The molecular formula is C17H16BrNO4S. The summed E-state index contributed by atoms with van der Waals surface area (Å²) in [5, 5.41) is 0. The van der Waals surface area contributed by atoms with E-state index in [4.69, 9.17) is 4.74 Å². The standard InChI is InChI=1S/C17H16BrNO4S/c18-15-3-1-2-12(8-15)10-23-16-6-4-13(5-7-16)14-9-17(20)19-24(21,22)11-14/h1-8,14H,9-11H2,(H,19,20). The molecule has 1 amide bonds. The van der Waals surface area contributed by atoms with Gasteiger partial charge in [-0.2, -0.15) is 0 Å². The second-order valence-corrected chi connectivity index (χ2v) is 8.38. The quantitative estimate of drug-likeness (QED) is 0.842. The maximum atomic E-state index is 11.6. The molecule has 0 spiro atoms. The summed E-state index contributed by atoms with van der Waals surface area (Å²) < 4.78 is 32.0. The third-order valence-corrected chi connectivity index (χ3v) is 5.64. The molecule has 0 saturated carbocycles. The number of benzene rings is 2. The predicted octanol–water partition coefficient (Wildman–Crippen LogP) is 2.96. The predicted molar refractivity (Wildman–Crippen MR) is 94.2 cm³/mol. The molecule has 24 heavy (non-hydrogen) atoms. The number of sulfonamides is 1. The minimum Gasteiger partial charge on any atom is -0.489 e. The second-order valence-electron chi connectivity index (χ2n) is 5.70. The molecule has 126 valence electrons. The lowest BCUT2D eigenvalue weighted by molar-refractivity contribution is -0.119. The van der Waals surface area contributed by atoms with E-state index in [0.717, 1.165) is 15.6 Å². The highest BCUT2D eigenvalue weighted by molar-refractivity contribution is 9.10. The van der Waals surface area contributed by atoms with Crippen molar-refractivity contribution in [2.75, 3.05) is 5.75 Å². The van der Waals surface area contributed by atoms with E-state index in [2.05, 4.69) is 15.9 Å². The zero-order valence-corrected chi connectivity index (χ0v) is 15.1. The molecule has 5 nitrogen and oxygen atoms in total. The van der Waals surface area contributed by atoms with Gasteiger partial charge < -0.3 is 4.74 Å². The van der Waals surface area contributed by atoms with Crippen molar-refractivity contribution in [2.24, 2.45) is 0 Å². The number of amides is 1. The third-order valence-electron chi connectivity index (χ3n) is 3.77. The number of halogens is 1. The molecular weight excluding hydrogens is 394 g/mol. The van der Waals surface area contributed by atoms with Crippen molar-refractivity contribution >= 4 is 31.9 Å². The maximum Gasteiger partial charge on any atom is 0.235 e. The zero-order chi connectivity index (χ0) is 17.2. The first kappa shape index (κ1) is 17.0. The van der Waals surface area contributed by atoms with E-state index in [1.165, 1.54) is 0 Å². The molecule has 1 aliphatic heterocycles. The fourth-order valence-corrected chi connectivity index (χ4v) is 4.45. The second kappa shape index (κ2) is 6.94. The fraction of sp³-hybridized carbons (Fsp3) is 0.235. The van der Waals surface area contributed by atoms with Crippen LogP contribution in [0.4, 0.5) is 0 Å². The van der Waals surface area contributed by atoms with E-state index in [1.54, 1.807) is 12.1 Å². The van der Waals surface area contributed by atoms with E-state index in [0.29, 0.717) is 12.4 Å². The summed E-state index contributed by atoms with van der Waals surface area (Å²) in [6, 6.07) is 15.1. The van der Waals surface area contributed by atoms with E-state index in [-0.39, 0.29) is 18.1 Å². The van der Waals surface area contributed by atoms with Crippen molar-refractivity contribution < 1.29 is 17.9 Å². The summed E-state index contributed by atoms with van der Waals surface area (Å²) in [4.78, 5) is 11.5. The van der Waals surface area contributed by atoms with E-state index >= 15 is 0 Å². The summed E-state index contributed by atoms with van der Waals surface area (Å²) in [5.41, 5.74) is 1.87. The summed E-state index contributed by atoms with van der Waals surface area (Å²) in [5.74, 6) is -0.150. The Morgan fingerprint density at radius 3 is 2.58 bits per heavy atom. The van der Waals surface area contributed by atoms with Crippen molar-refractivity contribution in [1.29, 1.82) is 0 Å². The van der Waals surface area contributed by atoms with Gasteiger partial charge in [0, 0.05) is 16.8 Å². The van der Waals surface area contributed by atoms with Crippen LogP contribution in [-0.4, -0.2) is 20.1 Å². The van der Waals surface area contributed by atoms with Crippen LogP contribution in [0.5, 0.6) is 5.75 Å². The number of carbonyl (C=O) groups is 1. The Morgan fingerprint density at radius 1 is 1.17 bits per heavy atom. The number of hydrogen-bond acceptors (Lipinski definition) is 4. The smallest absolute Gasteiger partial charge is 0.235 e. The fourth-order valence-electron chi connectivity index (χ4n) is 2.65. The lowest BCUT2D eigenvalue weighted by Gasteiger charge is -2.22. The molecule has 1 saturated heterocycles. The van der Waals surface area contributed by atoms with E-state index < -0.39 is 15.9 Å². The van der Waals surface area contributed by atoms with Gasteiger partial charge in [-0.15, -0.1) is 0 Å². The lowest BCUT2D eigenvalue weighted by Crippen LogP contribution is -2.40. The average Bonchev–Trinajstić information content (AvgIpc) is 2.51. The third kappa shape index (κ3) is 4.36. The highest BCUT2D eigenvalue weighted by Gasteiger charge is 2.30. The van der Waals surface area contributed by atoms with Crippen molar-refractivity contribution in [3.63, 3.8) is 0 Å². The van der Waals surface area contributed by atoms with Gasteiger partial charge in [0.05, 0.1) is 5.75 Å². The molecule has 0 radical (unpaired) electrons. The molecule has 0 bridgehead atoms. The van der Waals surface area contributed by atoms with Crippen LogP contribution < -0.4 is 9.46 Å². The Hall–Kier alpha value is -1.86. The number of nitrogens with one attached hydrogen (secondary N) is 1. The van der Waals surface area contributed by atoms with Gasteiger partial charge in [-0.25, -0.2) is 8.42 Å². The molecule has 2 aromatic rings. The van der Waals surface area contributed by atoms with Crippen LogP contribution in [-0.2, 0) is 21.4 Å². The van der Waals surface area contributed by atoms with Gasteiger partial charge in [-0.3, -0.25) is 9.52 Å². The minimum atomic E-state index is -3.52. The highest BCUT2D eigenvalue weighted by Crippen LogP contribution is 2.26. The SMILES string of the molecule is O=C1CC(c2ccc(OCc3cccc(Br)c3)cc2)CS(=O)(=O)N1. The molecule has 1 atom stereocenters. The topological polar surface area (TPSA) is 72.5 Å². The van der Waals surface area contributed by atoms with Crippen molar-refractivity contribution in [1.82, 2.24) is 4.72 Å². The van der Waals surface area contributed by atoms with Gasteiger partial charge in [-0.05, 0) is 35.4 Å². The van der Waals surface area contributed by atoms with Gasteiger partial charge in [0.2, 0.25) is 15.9 Å². The van der Waals surface area contributed by atoms with Crippen LogP contribution in [0.2, 0.25) is 0 Å². The van der Waals surface area contributed by atoms with Crippen molar-refractivity contribution in [3.05, 3.63) is 64.1 Å². The van der Waals surface area contributed by atoms with Gasteiger partial charge in [0.25, 0.3) is 0 Å². The van der Waals surface area contributed by atoms with Crippen LogP contribution >= 0.6 is 15.9 Å². The molecule has 3 rings (SSSR count). The summed E-state index contributed by atoms with van der Waals surface area (Å²) in [7, 11) is -3.52. The van der Waals surface area contributed by atoms with E-state index in [9.17, 15) is 13.2 Å². The Bertz CT molecular complexity index is 849. The number of rotatable bonds is 4. The molecule has 0 aromatic heterocycles. The molecule has 1 aliphatic rings. The van der Waals surface area contributed by atoms with Crippen LogP contribution in [0.25, 0.3) is 0 Å². The monoisotopic (exact) mass is 409 g/mol. The first-order valence-electron chi connectivity index (χ1n) is 7.42. The van der Waals surface area contributed by atoms with E-state index in [1.807, 2.05) is 41.1 Å². The molecule has 2 aromatic carbocycles.